The zero-order valence-corrected chi connectivity index (χ0v) is 23.1. The molecule has 4 rings (SSSR count). The fourth-order valence-electron chi connectivity index (χ4n) is 5.26. The summed E-state index contributed by atoms with van der Waals surface area (Å²) in [5.41, 5.74) is 3.88. The highest BCUT2D eigenvalue weighted by Crippen LogP contribution is 2.45. The van der Waals surface area contributed by atoms with Gasteiger partial charge >= 0.3 is 16.3 Å². The van der Waals surface area contributed by atoms with Gasteiger partial charge in [0.2, 0.25) is 5.91 Å². The third-order valence-electron chi connectivity index (χ3n) is 7.39. The van der Waals surface area contributed by atoms with E-state index in [2.05, 4.69) is 10.0 Å². The van der Waals surface area contributed by atoms with Crippen molar-refractivity contribution in [2.45, 2.75) is 69.1 Å². The van der Waals surface area contributed by atoms with Gasteiger partial charge in [0.15, 0.2) is 6.10 Å². The number of nitrogens with two attached hydrogens (primary N) is 1. The molecule has 218 valence electrons. The molecule has 13 nitrogen and oxygen atoms in total. The standard InChI is InChI=1S/C26H35N5O8S/c1-38-19-11-7-10-18(15-19)29-40(36,37)30-24(34)26-16-17(26)9-5-3-2-4-6-13-21(39-25(27)35)23(33)31-14-8-12-20(31)22(32)28-26/h5,7,9-11,15,17,20-21,29H,2-4,6,8,12-14,16H2,1H3,(H2,27,35)(H,28,32)(H,30,34)/b9-5-. The van der Waals surface area contributed by atoms with Crippen LogP contribution in [0.3, 0.4) is 0 Å². The largest absolute Gasteiger partial charge is 0.497 e. The van der Waals surface area contributed by atoms with E-state index in [1.807, 2.05) is 16.9 Å². The molecule has 2 fully saturated rings. The minimum absolute atomic E-state index is 0.184. The number of anilines is 1. The highest BCUT2D eigenvalue weighted by molar-refractivity contribution is 7.91. The molecule has 0 aromatic heterocycles. The summed E-state index contributed by atoms with van der Waals surface area (Å²) < 4.78 is 40.2. The number of rotatable bonds is 6. The highest BCUT2D eigenvalue weighted by atomic mass is 32.2. The van der Waals surface area contributed by atoms with E-state index < -0.39 is 57.6 Å². The number of carbonyl (C=O) groups excluding carboxylic acids is 4. The van der Waals surface area contributed by atoms with Gasteiger partial charge in [0.25, 0.3) is 11.8 Å². The van der Waals surface area contributed by atoms with Crippen LogP contribution >= 0.6 is 0 Å². The molecule has 0 spiro atoms. The van der Waals surface area contributed by atoms with E-state index in [0.717, 1.165) is 12.8 Å². The monoisotopic (exact) mass is 577 g/mol. The third-order valence-corrected chi connectivity index (χ3v) is 8.35. The van der Waals surface area contributed by atoms with Gasteiger partial charge in [-0.1, -0.05) is 24.6 Å². The van der Waals surface area contributed by atoms with Crippen LogP contribution in [0.4, 0.5) is 10.5 Å². The number of nitrogens with one attached hydrogen (secondary N) is 3. The van der Waals surface area contributed by atoms with E-state index >= 15 is 0 Å². The lowest BCUT2D eigenvalue weighted by molar-refractivity contribution is -0.146. The third kappa shape index (κ3) is 6.84. The number of carbonyl (C=O) groups is 4. The molecule has 4 unspecified atom stereocenters. The summed E-state index contributed by atoms with van der Waals surface area (Å²) in [6.45, 7) is 0.275. The zero-order chi connectivity index (χ0) is 28.9. The number of methoxy groups -OCH3 is 1. The van der Waals surface area contributed by atoms with Crippen molar-refractivity contribution in [3.05, 3.63) is 36.4 Å². The van der Waals surface area contributed by atoms with Crippen molar-refractivity contribution in [2.75, 3.05) is 18.4 Å². The summed E-state index contributed by atoms with van der Waals surface area (Å²) in [5.74, 6) is -1.99. The molecule has 2 heterocycles. The fraction of sp³-hybridized carbons (Fsp3) is 0.538. The van der Waals surface area contributed by atoms with Crippen molar-refractivity contribution in [3.63, 3.8) is 0 Å². The number of hydrogen-bond donors (Lipinski definition) is 4. The molecule has 0 bridgehead atoms. The maximum Gasteiger partial charge on any atom is 0.405 e. The van der Waals surface area contributed by atoms with E-state index in [1.165, 1.54) is 24.1 Å². The van der Waals surface area contributed by atoms with Crippen LogP contribution in [0.15, 0.2) is 36.4 Å². The Balaban J connectivity index is 1.54. The Kier molecular flexibility index (Phi) is 8.86. The number of hydrogen-bond acceptors (Lipinski definition) is 8. The molecule has 1 aliphatic carbocycles. The molecular weight excluding hydrogens is 542 g/mol. The Morgan fingerprint density at radius 3 is 2.70 bits per heavy atom. The Bertz CT molecular complexity index is 1290. The van der Waals surface area contributed by atoms with Gasteiger partial charge in [0.1, 0.15) is 17.3 Å². The van der Waals surface area contributed by atoms with Crippen LogP contribution in [-0.4, -0.2) is 68.5 Å². The molecule has 1 aromatic rings. The van der Waals surface area contributed by atoms with Crippen molar-refractivity contribution >= 4 is 39.7 Å². The van der Waals surface area contributed by atoms with Gasteiger partial charge in [-0.2, -0.15) is 8.42 Å². The topological polar surface area (TPSA) is 186 Å². The first kappa shape index (κ1) is 29.2. The second kappa shape index (κ2) is 12.1. The molecule has 5 N–H and O–H groups in total. The summed E-state index contributed by atoms with van der Waals surface area (Å²) >= 11 is 0. The van der Waals surface area contributed by atoms with Crippen LogP contribution in [-0.2, 0) is 29.3 Å². The van der Waals surface area contributed by atoms with Crippen LogP contribution in [0.5, 0.6) is 5.75 Å². The Labute approximate surface area is 233 Å². The number of amides is 4. The summed E-state index contributed by atoms with van der Waals surface area (Å²) in [7, 11) is -2.91. The summed E-state index contributed by atoms with van der Waals surface area (Å²) in [6.07, 6.45) is 5.76. The molecular formula is C26H35N5O8S. The maximum absolute atomic E-state index is 13.5. The molecule has 1 saturated heterocycles. The van der Waals surface area contributed by atoms with Crippen molar-refractivity contribution in [2.24, 2.45) is 11.7 Å². The minimum Gasteiger partial charge on any atom is -0.497 e. The van der Waals surface area contributed by atoms with Gasteiger partial charge in [-0.15, -0.1) is 0 Å². The van der Waals surface area contributed by atoms with Gasteiger partial charge in [-0.05, 0) is 57.1 Å². The van der Waals surface area contributed by atoms with E-state index in [-0.39, 0.29) is 25.1 Å². The fourth-order valence-corrected chi connectivity index (χ4v) is 6.17. The van der Waals surface area contributed by atoms with Gasteiger partial charge in [-0.3, -0.25) is 19.1 Å². The smallest absolute Gasteiger partial charge is 0.405 e. The van der Waals surface area contributed by atoms with Crippen LogP contribution in [0.1, 0.15) is 51.4 Å². The van der Waals surface area contributed by atoms with E-state index in [9.17, 15) is 27.6 Å². The van der Waals surface area contributed by atoms with Gasteiger partial charge in [0.05, 0.1) is 12.8 Å². The molecule has 1 saturated carbocycles. The number of fused-ring (bicyclic) bond motifs is 2. The summed E-state index contributed by atoms with van der Waals surface area (Å²) in [5, 5.41) is 2.75. The lowest BCUT2D eigenvalue weighted by atomic mass is 10.1. The van der Waals surface area contributed by atoms with Crippen LogP contribution < -0.4 is 25.2 Å². The normalized spacial score (nSPS) is 28.0. The van der Waals surface area contributed by atoms with Crippen molar-refractivity contribution in [3.8, 4) is 5.75 Å². The van der Waals surface area contributed by atoms with Crippen LogP contribution in [0.2, 0.25) is 0 Å². The Hall–Kier alpha value is -3.81. The quantitative estimate of drug-likeness (QED) is 0.365. The van der Waals surface area contributed by atoms with Crippen molar-refractivity contribution < 1.29 is 37.1 Å². The first-order valence-corrected chi connectivity index (χ1v) is 14.8. The average molecular weight is 578 g/mol. The minimum atomic E-state index is -4.35. The number of primary amides is 1. The lowest BCUT2D eigenvalue weighted by Crippen LogP contribution is -2.57. The van der Waals surface area contributed by atoms with E-state index in [1.54, 1.807) is 12.1 Å². The Morgan fingerprint density at radius 1 is 1.15 bits per heavy atom. The van der Waals surface area contributed by atoms with Crippen molar-refractivity contribution in [1.29, 1.82) is 0 Å². The molecule has 14 heteroatoms. The predicted molar refractivity (Wildman–Crippen MR) is 144 cm³/mol. The first-order chi connectivity index (χ1) is 19.0. The van der Waals surface area contributed by atoms with Crippen LogP contribution in [0.25, 0.3) is 0 Å². The highest BCUT2D eigenvalue weighted by Gasteiger charge is 2.61. The van der Waals surface area contributed by atoms with Crippen molar-refractivity contribution in [1.82, 2.24) is 14.9 Å². The second-order valence-corrected chi connectivity index (χ2v) is 11.6. The van der Waals surface area contributed by atoms with E-state index in [4.69, 9.17) is 15.2 Å². The van der Waals surface area contributed by atoms with Gasteiger partial charge in [-0.25, -0.2) is 9.52 Å². The molecule has 40 heavy (non-hydrogen) atoms. The number of ether oxygens (including phenoxy) is 2. The molecule has 4 atom stereocenters. The zero-order valence-electron chi connectivity index (χ0n) is 22.3. The lowest BCUT2D eigenvalue weighted by Gasteiger charge is -2.29. The van der Waals surface area contributed by atoms with Gasteiger partial charge < -0.3 is 25.4 Å². The molecule has 0 radical (unpaired) electrons. The number of benzene rings is 1. The predicted octanol–water partition coefficient (Wildman–Crippen LogP) is 1.32. The summed E-state index contributed by atoms with van der Waals surface area (Å²) in [6, 6.07) is 5.28. The SMILES string of the molecule is COc1cccc(NS(=O)(=O)NC(=O)C23CC2/C=C\CCCCCC(OC(N)=O)C(=O)N2CCCC2C(=O)N3)c1. The molecule has 2 aliphatic heterocycles. The van der Waals surface area contributed by atoms with Crippen LogP contribution in [0, 0.1) is 5.92 Å². The number of allylic oxidation sites excluding steroid dienone is 1. The first-order valence-electron chi connectivity index (χ1n) is 13.3. The maximum atomic E-state index is 13.5. The summed E-state index contributed by atoms with van der Waals surface area (Å²) in [4.78, 5) is 53.0. The van der Waals surface area contributed by atoms with Gasteiger partial charge in [0, 0.05) is 18.5 Å². The van der Waals surface area contributed by atoms with E-state index in [0.29, 0.717) is 31.4 Å². The number of nitrogens with zero attached hydrogens (tertiary/aromatic N) is 1. The molecule has 4 amide bonds. The molecule has 3 aliphatic rings. The average Bonchev–Trinajstić information content (AvgIpc) is 3.36. The second-order valence-electron chi connectivity index (χ2n) is 10.2. The molecule has 1 aromatic carbocycles. The Morgan fingerprint density at radius 2 is 1.95 bits per heavy atom.